The van der Waals surface area contributed by atoms with Crippen LogP contribution in [0.4, 0.5) is 4.79 Å². The summed E-state index contributed by atoms with van der Waals surface area (Å²) < 4.78 is 5.39. The minimum Gasteiger partial charge on any atom is -0.481 e. The monoisotopic (exact) mass is 315 g/mol. The van der Waals surface area contributed by atoms with Gasteiger partial charge in [0, 0.05) is 21.2 Å². The normalized spacial score (nSPS) is 23.8. The highest BCUT2D eigenvalue weighted by molar-refractivity contribution is 6.76. The standard InChI is InChI=1S/C15H29NO4Si/c1-14(2,3)20-13(19)16-9-7-8-15(10-16,12(17)18)11-21(4,5)6/h7-11H2,1-6H3,(H,17,18). The van der Waals surface area contributed by atoms with Gasteiger partial charge < -0.3 is 14.7 Å². The Kier molecular flexibility index (Phi) is 5.13. The van der Waals surface area contributed by atoms with Crippen LogP contribution in [0.2, 0.25) is 25.7 Å². The molecular formula is C15H29NO4Si. The molecule has 1 heterocycles. The van der Waals surface area contributed by atoms with Gasteiger partial charge in [-0.2, -0.15) is 0 Å². The molecule has 0 bridgehead atoms. The Labute approximate surface area is 128 Å². The third-order valence-electron chi connectivity index (χ3n) is 3.55. The first-order valence-corrected chi connectivity index (χ1v) is 11.3. The number of carboxylic acid groups (broad SMARTS) is 1. The van der Waals surface area contributed by atoms with E-state index in [1.165, 1.54) is 0 Å². The van der Waals surface area contributed by atoms with Crippen molar-refractivity contribution in [2.45, 2.75) is 64.9 Å². The Balaban J connectivity index is 2.89. The van der Waals surface area contributed by atoms with E-state index < -0.39 is 31.2 Å². The summed E-state index contributed by atoms with van der Waals surface area (Å²) in [7, 11) is -1.55. The first-order chi connectivity index (χ1) is 9.35. The van der Waals surface area contributed by atoms with Crippen LogP contribution in [0.25, 0.3) is 0 Å². The summed E-state index contributed by atoms with van der Waals surface area (Å²) in [5.74, 6) is -0.779. The number of hydrogen-bond acceptors (Lipinski definition) is 3. The Morgan fingerprint density at radius 3 is 2.29 bits per heavy atom. The summed E-state index contributed by atoms with van der Waals surface area (Å²) in [5, 5.41) is 9.73. The molecule has 0 saturated carbocycles. The maximum absolute atomic E-state index is 12.2. The van der Waals surface area contributed by atoms with Gasteiger partial charge in [0.2, 0.25) is 0 Å². The molecule has 1 aliphatic heterocycles. The number of rotatable bonds is 3. The lowest BCUT2D eigenvalue weighted by molar-refractivity contribution is -0.150. The second-order valence-electron chi connectivity index (χ2n) is 8.33. The van der Waals surface area contributed by atoms with Crippen molar-refractivity contribution in [3.8, 4) is 0 Å². The van der Waals surface area contributed by atoms with Gasteiger partial charge >= 0.3 is 12.1 Å². The van der Waals surface area contributed by atoms with Crippen molar-refractivity contribution < 1.29 is 19.4 Å². The van der Waals surface area contributed by atoms with Crippen LogP contribution < -0.4 is 0 Å². The average molecular weight is 315 g/mol. The van der Waals surface area contributed by atoms with Crippen LogP contribution in [-0.2, 0) is 9.53 Å². The molecule has 0 radical (unpaired) electrons. The highest BCUT2D eigenvalue weighted by Gasteiger charge is 2.46. The van der Waals surface area contributed by atoms with E-state index in [0.29, 0.717) is 19.0 Å². The average Bonchev–Trinajstić information content (AvgIpc) is 2.24. The number of hydrogen-bond donors (Lipinski definition) is 1. The van der Waals surface area contributed by atoms with Gasteiger partial charge in [-0.3, -0.25) is 4.79 Å². The minimum absolute atomic E-state index is 0.265. The molecule has 5 nitrogen and oxygen atoms in total. The van der Waals surface area contributed by atoms with Crippen LogP contribution in [0.1, 0.15) is 33.6 Å². The molecule has 1 saturated heterocycles. The highest BCUT2D eigenvalue weighted by Crippen LogP contribution is 2.38. The van der Waals surface area contributed by atoms with E-state index in [0.717, 1.165) is 6.42 Å². The van der Waals surface area contributed by atoms with Crippen LogP contribution >= 0.6 is 0 Å². The predicted octanol–water partition coefficient (Wildman–Crippen LogP) is 3.43. The number of carbonyl (C=O) groups excluding carboxylic acids is 1. The third-order valence-corrected chi connectivity index (χ3v) is 5.29. The second kappa shape index (κ2) is 5.99. The van der Waals surface area contributed by atoms with E-state index in [2.05, 4.69) is 19.6 Å². The molecule has 1 aliphatic rings. The van der Waals surface area contributed by atoms with Gasteiger partial charge in [-0.15, -0.1) is 0 Å². The highest BCUT2D eigenvalue weighted by atomic mass is 28.3. The zero-order chi connectivity index (χ0) is 16.5. The Hall–Kier alpha value is -1.04. The molecule has 6 heteroatoms. The fourth-order valence-corrected chi connectivity index (χ4v) is 5.49. The smallest absolute Gasteiger partial charge is 0.410 e. The van der Waals surface area contributed by atoms with E-state index in [1.807, 2.05) is 20.8 Å². The van der Waals surface area contributed by atoms with Crippen molar-refractivity contribution in [1.29, 1.82) is 0 Å². The topological polar surface area (TPSA) is 66.8 Å². The lowest BCUT2D eigenvalue weighted by Crippen LogP contribution is -2.53. The van der Waals surface area contributed by atoms with Crippen LogP contribution in [0.3, 0.4) is 0 Å². The fraction of sp³-hybridized carbons (Fsp3) is 0.867. The number of nitrogens with zero attached hydrogens (tertiary/aromatic N) is 1. The molecule has 1 N–H and O–H groups in total. The van der Waals surface area contributed by atoms with Gasteiger partial charge in [0.05, 0.1) is 5.41 Å². The lowest BCUT2D eigenvalue weighted by Gasteiger charge is -2.42. The van der Waals surface area contributed by atoms with Crippen LogP contribution in [0.15, 0.2) is 0 Å². The SMILES string of the molecule is CC(C)(C)OC(=O)N1CCCC(C[Si](C)(C)C)(C(=O)O)C1. The lowest BCUT2D eigenvalue weighted by atomic mass is 9.82. The molecule has 1 atom stereocenters. The van der Waals surface area contributed by atoms with Crippen LogP contribution in [0.5, 0.6) is 0 Å². The van der Waals surface area contributed by atoms with Gasteiger partial charge in [0.15, 0.2) is 0 Å². The third kappa shape index (κ3) is 5.34. The van der Waals surface area contributed by atoms with E-state index >= 15 is 0 Å². The molecular weight excluding hydrogens is 286 g/mol. The first kappa shape index (κ1) is 18.0. The Morgan fingerprint density at radius 2 is 1.86 bits per heavy atom. The van der Waals surface area contributed by atoms with E-state index in [-0.39, 0.29) is 6.54 Å². The largest absolute Gasteiger partial charge is 0.481 e. The van der Waals surface area contributed by atoms with Crippen molar-refractivity contribution >= 4 is 20.1 Å². The van der Waals surface area contributed by atoms with Crippen molar-refractivity contribution in [2.75, 3.05) is 13.1 Å². The molecule has 0 aromatic carbocycles. The van der Waals surface area contributed by atoms with Crippen molar-refractivity contribution in [1.82, 2.24) is 4.90 Å². The number of aliphatic carboxylic acids is 1. The molecule has 0 aromatic heterocycles. The Bertz CT molecular complexity index is 411. The molecule has 122 valence electrons. The number of likely N-dealkylation sites (tertiary alicyclic amines) is 1. The Morgan fingerprint density at radius 1 is 1.29 bits per heavy atom. The predicted molar refractivity (Wildman–Crippen MR) is 85.3 cm³/mol. The molecule has 1 rings (SSSR count). The van der Waals surface area contributed by atoms with Gasteiger partial charge in [0.1, 0.15) is 5.60 Å². The van der Waals surface area contributed by atoms with Crippen molar-refractivity contribution in [3.05, 3.63) is 0 Å². The minimum atomic E-state index is -1.55. The maximum atomic E-state index is 12.2. The number of carboxylic acids is 1. The van der Waals surface area contributed by atoms with E-state index in [4.69, 9.17) is 4.74 Å². The van der Waals surface area contributed by atoms with E-state index in [1.54, 1.807) is 4.90 Å². The number of amides is 1. The molecule has 0 aromatic rings. The molecule has 21 heavy (non-hydrogen) atoms. The molecule has 1 unspecified atom stereocenters. The summed E-state index contributed by atoms with van der Waals surface area (Å²) >= 11 is 0. The molecule has 1 fully saturated rings. The zero-order valence-electron chi connectivity index (χ0n) is 14.2. The summed E-state index contributed by atoms with van der Waals surface area (Å²) in [6.07, 6.45) is 0.963. The van der Waals surface area contributed by atoms with Crippen molar-refractivity contribution in [3.63, 3.8) is 0 Å². The summed E-state index contributed by atoms with van der Waals surface area (Å²) in [6, 6.07) is 0.689. The zero-order valence-corrected chi connectivity index (χ0v) is 15.2. The van der Waals surface area contributed by atoms with Crippen molar-refractivity contribution in [2.24, 2.45) is 5.41 Å². The number of carbonyl (C=O) groups is 2. The molecule has 0 aliphatic carbocycles. The summed E-state index contributed by atoms with van der Waals surface area (Å²) in [4.78, 5) is 25.6. The van der Waals surface area contributed by atoms with Gasteiger partial charge in [-0.1, -0.05) is 19.6 Å². The van der Waals surface area contributed by atoms with Crippen LogP contribution in [0, 0.1) is 5.41 Å². The van der Waals surface area contributed by atoms with Gasteiger partial charge in [-0.25, -0.2) is 4.79 Å². The quantitative estimate of drug-likeness (QED) is 0.810. The van der Waals surface area contributed by atoms with Gasteiger partial charge in [0.25, 0.3) is 0 Å². The first-order valence-electron chi connectivity index (χ1n) is 7.56. The van der Waals surface area contributed by atoms with Crippen LogP contribution in [-0.4, -0.2) is 48.8 Å². The number of piperidine rings is 1. The molecule has 0 spiro atoms. The number of ether oxygens (including phenoxy) is 1. The molecule has 1 amide bonds. The summed E-state index contributed by atoms with van der Waals surface area (Å²) in [6.45, 7) is 12.8. The fourth-order valence-electron chi connectivity index (χ4n) is 3.02. The van der Waals surface area contributed by atoms with Gasteiger partial charge in [-0.05, 0) is 39.7 Å². The summed E-state index contributed by atoms with van der Waals surface area (Å²) in [5.41, 5.74) is -1.36. The second-order valence-corrected chi connectivity index (χ2v) is 13.8. The van der Waals surface area contributed by atoms with E-state index in [9.17, 15) is 14.7 Å². The maximum Gasteiger partial charge on any atom is 0.410 e.